The van der Waals surface area contributed by atoms with E-state index in [1.807, 2.05) is 0 Å². The van der Waals surface area contributed by atoms with E-state index in [0.717, 1.165) is 11.5 Å². The van der Waals surface area contributed by atoms with Crippen LogP contribution < -0.4 is 0 Å². The SMILES string of the molecule is C=[P+](OCC(C)(C)COC)SC/C=C/CSP1(=S)OCC(C)(C)CO1. The zero-order chi connectivity index (χ0) is 19.0. The summed E-state index contributed by atoms with van der Waals surface area (Å²) in [5.41, 5.74) is -2.06. The van der Waals surface area contributed by atoms with Gasteiger partial charge in [0.2, 0.25) is 5.69 Å². The van der Waals surface area contributed by atoms with Crippen LogP contribution in [0, 0.1) is 10.8 Å². The van der Waals surface area contributed by atoms with Crippen LogP contribution in [0.25, 0.3) is 0 Å². The molecule has 0 radical (unpaired) electrons. The first-order valence-electron chi connectivity index (χ1n) is 8.12. The molecule has 0 aromatic carbocycles. The lowest BCUT2D eigenvalue weighted by Gasteiger charge is -2.35. The van der Waals surface area contributed by atoms with Gasteiger partial charge in [-0.3, -0.25) is 0 Å². The Bertz CT molecular complexity index is 496. The minimum Gasteiger partial charge on any atom is -0.384 e. The summed E-state index contributed by atoms with van der Waals surface area (Å²) in [6.07, 6.45) is 8.35. The van der Waals surface area contributed by atoms with Crippen LogP contribution in [0.5, 0.6) is 0 Å². The highest BCUT2D eigenvalue weighted by molar-refractivity contribution is 8.68. The second-order valence-corrected chi connectivity index (χ2v) is 17.3. The van der Waals surface area contributed by atoms with Gasteiger partial charge in [0.05, 0.1) is 25.6 Å². The summed E-state index contributed by atoms with van der Waals surface area (Å²) in [7, 11) is 1.71. The van der Waals surface area contributed by atoms with Gasteiger partial charge in [-0.2, -0.15) is 4.52 Å². The quantitative estimate of drug-likeness (QED) is 0.296. The van der Waals surface area contributed by atoms with Crippen LogP contribution >= 0.6 is 35.4 Å². The minimum absolute atomic E-state index is 0.0239. The highest BCUT2D eigenvalue weighted by Crippen LogP contribution is 2.64. The summed E-state index contributed by atoms with van der Waals surface area (Å²) in [4.78, 5) is 0. The van der Waals surface area contributed by atoms with Gasteiger partial charge in [0.15, 0.2) is 0 Å². The third-order valence-electron chi connectivity index (χ3n) is 3.17. The Hall–Kier alpha value is 1.10. The van der Waals surface area contributed by atoms with E-state index in [1.165, 1.54) is 0 Å². The first-order chi connectivity index (χ1) is 11.6. The van der Waals surface area contributed by atoms with Crippen LogP contribution in [-0.4, -0.2) is 51.3 Å². The average molecular weight is 446 g/mol. The van der Waals surface area contributed by atoms with Crippen molar-refractivity contribution in [2.75, 3.05) is 45.0 Å². The van der Waals surface area contributed by atoms with E-state index in [0.29, 0.717) is 26.4 Å². The third-order valence-corrected chi connectivity index (χ3v) is 11.0. The van der Waals surface area contributed by atoms with E-state index in [1.54, 1.807) is 29.9 Å². The number of ether oxygens (including phenoxy) is 1. The molecule has 0 amide bonds. The van der Waals surface area contributed by atoms with Crippen molar-refractivity contribution in [3.63, 3.8) is 0 Å². The highest BCUT2D eigenvalue weighted by atomic mass is 32.9. The largest absolute Gasteiger partial charge is 0.384 e. The summed E-state index contributed by atoms with van der Waals surface area (Å²) in [6.45, 7) is 10.5. The molecule has 0 spiro atoms. The van der Waals surface area contributed by atoms with Crippen LogP contribution in [0.4, 0.5) is 0 Å². The summed E-state index contributed by atoms with van der Waals surface area (Å²) < 4.78 is 22.6. The highest BCUT2D eigenvalue weighted by Gasteiger charge is 2.33. The Balaban J connectivity index is 2.16. The maximum atomic E-state index is 5.84. The molecule has 146 valence electrons. The molecule has 1 unspecified atom stereocenters. The minimum atomic E-state index is -2.15. The van der Waals surface area contributed by atoms with E-state index >= 15 is 0 Å². The van der Waals surface area contributed by atoms with E-state index < -0.39 is 12.7 Å². The summed E-state index contributed by atoms with van der Waals surface area (Å²) >= 11 is 8.86. The van der Waals surface area contributed by atoms with Crippen molar-refractivity contribution in [3.05, 3.63) is 12.2 Å². The predicted octanol–water partition coefficient (Wildman–Crippen LogP) is 5.74. The molecule has 0 aromatic heterocycles. The first kappa shape index (κ1) is 24.1. The lowest BCUT2D eigenvalue weighted by Crippen LogP contribution is -2.28. The second kappa shape index (κ2) is 11.2. The van der Waals surface area contributed by atoms with Gasteiger partial charge in [-0.05, 0) is 11.8 Å². The molecular weight excluding hydrogens is 414 g/mol. The molecule has 1 heterocycles. The normalized spacial score (nSPS) is 20.8. The molecule has 0 saturated carbocycles. The molecule has 0 bridgehead atoms. The second-order valence-electron chi connectivity index (χ2n) is 7.42. The van der Waals surface area contributed by atoms with Gasteiger partial charge in [0.25, 0.3) is 0 Å². The number of methoxy groups -OCH3 is 1. The number of hydrogen-bond acceptors (Lipinski definition) is 7. The van der Waals surface area contributed by atoms with Gasteiger partial charge in [-0.15, -0.1) is 0 Å². The van der Waals surface area contributed by atoms with Gasteiger partial charge in [-0.1, -0.05) is 51.2 Å². The Kier molecular flexibility index (Phi) is 10.8. The first-order valence-corrected chi connectivity index (χ1v) is 15.4. The molecule has 0 N–H and O–H groups in total. The summed E-state index contributed by atoms with van der Waals surface area (Å²) in [5.74, 6) is 1.70. The standard InChI is InChI=1S/C16H31O4P2S3/c1-15(2,11-17-5)12-18-21(6)24-9-7-8-10-25-22(23)19-13-16(3,4)14-20-22/h7-8H,6,9-14H2,1-5H3/q+1/b8-7+. The molecule has 1 aliphatic rings. The molecule has 1 aliphatic heterocycles. The van der Waals surface area contributed by atoms with Gasteiger partial charge in [0, 0.05) is 23.7 Å². The lowest BCUT2D eigenvalue weighted by atomic mass is 9.97. The van der Waals surface area contributed by atoms with Crippen LogP contribution in [0.1, 0.15) is 27.7 Å². The lowest BCUT2D eigenvalue weighted by molar-refractivity contribution is 0.0672. The van der Waals surface area contributed by atoms with Crippen LogP contribution in [-0.2, 0) is 30.1 Å². The summed E-state index contributed by atoms with van der Waals surface area (Å²) in [6, 6.07) is 0. The molecule has 1 atom stereocenters. The zero-order valence-electron chi connectivity index (χ0n) is 15.9. The molecule has 9 heteroatoms. The molecule has 1 fully saturated rings. The van der Waals surface area contributed by atoms with Crippen molar-refractivity contribution in [2.45, 2.75) is 27.7 Å². The van der Waals surface area contributed by atoms with Crippen molar-refractivity contribution in [1.82, 2.24) is 0 Å². The molecule has 25 heavy (non-hydrogen) atoms. The fourth-order valence-corrected chi connectivity index (χ4v) is 7.95. The van der Waals surface area contributed by atoms with Gasteiger partial charge in [-0.25, -0.2) is 0 Å². The van der Waals surface area contributed by atoms with E-state index in [2.05, 4.69) is 46.1 Å². The fourth-order valence-electron chi connectivity index (χ4n) is 1.77. The molecular formula is C16H31O4P2S3+. The van der Waals surface area contributed by atoms with Gasteiger partial charge >= 0.3 is 6.97 Å². The molecule has 1 saturated heterocycles. The van der Waals surface area contributed by atoms with Gasteiger partial charge < -0.3 is 13.8 Å². The monoisotopic (exact) mass is 445 g/mol. The molecule has 1 rings (SSSR count). The van der Waals surface area contributed by atoms with Crippen molar-refractivity contribution < 1.29 is 18.3 Å². The topological polar surface area (TPSA) is 36.9 Å². The third kappa shape index (κ3) is 10.9. The molecule has 4 nitrogen and oxygen atoms in total. The van der Waals surface area contributed by atoms with E-state index in [-0.39, 0.29) is 10.8 Å². The van der Waals surface area contributed by atoms with Crippen molar-refractivity contribution in [3.8, 4) is 0 Å². The van der Waals surface area contributed by atoms with Crippen molar-refractivity contribution in [2.24, 2.45) is 10.8 Å². The molecule has 0 aliphatic carbocycles. The Labute approximate surface area is 167 Å². The fraction of sp³-hybridized carbons (Fsp3) is 0.812. The number of hydrogen-bond donors (Lipinski definition) is 0. The maximum Gasteiger partial charge on any atom is 0.321 e. The van der Waals surface area contributed by atoms with E-state index in [4.69, 9.17) is 30.1 Å². The zero-order valence-corrected chi connectivity index (χ0v) is 20.1. The van der Waals surface area contributed by atoms with Crippen LogP contribution in [0.15, 0.2) is 12.2 Å². The van der Waals surface area contributed by atoms with Crippen molar-refractivity contribution in [1.29, 1.82) is 0 Å². The summed E-state index contributed by atoms with van der Waals surface area (Å²) in [5, 5.41) is 0. The predicted molar refractivity (Wildman–Crippen MR) is 120 cm³/mol. The van der Waals surface area contributed by atoms with Crippen molar-refractivity contribution >= 4 is 53.5 Å². The van der Waals surface area contributed by atoms with Crippen LogP contribution in [0.2, 0.25) is 0 Å². The van der Waals surface area contributed by atoms with Crippen LogP contribution in [0.3, 0.4) is 0 Å². The van der Waals surface area contributed by atoms with Gasteiger partial charge in [0.1, 0.15) is 24.3 Å². The number of rotatable bonds is 11. The maximum absolute atomic E-state index is 5.84. The average Bonchev–Trinajstić information content (AvgIpc) is 2.52. The smallest absolute Gasteiger partial charge is 0.321 e. The molecule has 0 aromatic rings. The Morgan fingerprint density at radius 1 is 1.24 bits per heavy atom. The van der Waals surface area contributed by atoms with E-state index in [9.17, 15) is 0 Å². The Morgan fingerprint density at radius 2 is 1.84 bits per heavy atom. The Morgan fingerprint density at radius 3 is 2.44 bits per heavy atom.